The molecule has 3 aromatic rings. The van der Waals surface area contributed by atoms with Crippen LogP contribution in [-0.4, -0.2) is 32.7 Å². The van der Waals surface area contributed by atoms with E-state index < -0.39 is 40.7 Å². The maximum absolute atomic E-state index is 14.5. The zero-order valence-electron chi connectivity index (χ0n) is 17.9. The van der Waals surface area contributed by atoms with E-state index in [0.29, 0.717) is 25.5 Å². The van der Waals surface area contributed by atoms with Gasteiger partial charge in [0.1, 0.15) is 34.3 Å². The Morgan fingerprint density at radius 1 is 1.12 bits per heavy atom. The summed E-state index contributed by atoms with van der Waals surface area (Å²) in [4.78, 5) is 32.1. The fourth-order valence-corrected chi connectivity index (χ4v) is 3.92. The van der Waals surface area contributed by atoms with Gasteiger partial charge < -0.3 is 4.74 Å². The second kappa shape index (κ2) is 7.96. The number of carbonyl (C=O) groups excluding carboxylic acids is 1. The number of carbonyl (C=O) groups is 1. The number of aromatic nitrogens is 2. The molecule has 1 aliphatic rings. The number of rotatable bonds is 2. The maximum Gasteiger partial charge on any atom is 0.410 e. The highest BCUT2D eigenvalue weighted by atomic mass is 19.1. The zero-order chi connectivity index (χ0) is 23.2. The van der Waals surface area contributed by atoms with Crippen molar-refractivity contribution in [3.05, 3.63) is 70.0 Å². The van der Waals surface area contributed by atoms with Gasteiger partial charge in [0.05, 0.1) is 17.2 Å². The third-order valence-electron chi connectivity index (χ3n) is 5.16. The van der Waals surface area contributed by atoms with Gasteiger partial charge in [0, 0.05) is 12.6 Å². The van der Waals surface area contributed by atoms with Crippen LogP contribution in [0.4, 0.5) is 18.0 Å². The Balaban J connectivity index is 1.96. The SMILES string of the molecule is CC(C)(C)OC(=O)N1CCCC1c1nc2cccc(F)c2c(=O)n1-c1cc(F)cc(F)c1. The Morgan fingerprint density at radius 3 is 2.47 bits per heavy atom. The third-order valence-corrected chi connectivity index (χ3v) is 5.16. The molecule has 1 fully saturated rings. The Hall–Kier alpha value is -3.36. The Morgan fingerprint density at radius 2 is 1.81 bits per heavy atom. The number of ether oxygens (including phenoxy) is 1. The molecule has 1 atom stereocenters. The van der Waals surface area contributed by atoms with Crippen LogP contribution in [0.1, 0.15) is 45.5 Å². The average Bonchev–Trinajstić information content (AvgIpc) is 3.15. The summed E-state index contributed by atoms with van der Waals surface area (Å²) in [6.07, 6.45) is 0.466. The fraction of sp³-hybridized carbons (Fsp3) is 0.348. The molecule has 1 saturated heterocycles. The number of fused-ring (bicyclic) bond motifs is 1. The highest BCUT2D eigenvalue weighted by Gasteiger charge is 2.36. The molecule has 9 heteroatoms. The minimum atomic E-state index is -0.901. The van der Waals surface area contributed by atoms with Crippen molar-refractivity contribution >= 4 is 17.0 Å². The molecule has 0 aliphatic carbocycles. The number of hydrogen-bond donors (Lipinski definition) is 0. The third kappa shape index (κ3) is 4.06. The van der Waals surface area contributed by atoms with Crippen LogP contribution in [0.15, 0.2) is 41.2 Å². The van der Waals surface area contributed by atoms with Crippen LogP contribution < -0.4 is 5.56 Å². The topological polar surface area (TPSA) is 64.4 Å². The summed E-state index contributed by atoms with van der Waals surface area (Å²) in [7, 11) is 0. The van der Waals surface area contributed by atoms with Crippen molar-refractivity contribution in [1.82, 2.24) is 14.5 Å². The highest BCUT2D eigenvalue weighted by Crippen LogP contribution is 2.34. The van der Waals surface area contributed by atoms with Crippen molar-refractivity contribution < 1.29 is 22.7 Å². The summed E-state index contributed by atoms with van der Waals surface area (Å²) < 4.78 is 49.0. The molecule has 0 bridgehead atoms. The molecule has 2 heterocycles. The molecule has 4 rings (SSSR count). The van der Waals surface area contributed by atoms with Crippen molar-refractivity contribution in [1.29, 1.82) is 0 Å². The van der Waals surface area contributed by atoms with E-state index in [2.05, 4.69) is 4.98 Å². The van der Waals surface area contributed by atoms with E-state index in [1.165, 1.54) is 17.0 Å². The van der Waals surface area contributed by atoms with Gasteiger partial charge in [-0.15, -0.1) is 0 Å². The van der Waals surface area contributed by atoms with Gasteiger partial charge >= 0.3 is 6.09 Å². The Labute approximate surface area is 182 Å². The van der Waals surface area contributed by atoms with Crippen LogP contribution in [0.3, 0.4) is 0 Å². The molecule has 1 aliphatic heterocycles. The quantitative estimate of drug-likeness (QED) is 0.564. The number of halogens is 3. The molecule has 0 radical (unpaired) electrons. The summed E-state index contributed by atoms with van der Waals surface area (Å²) in [5, 5.41) is -0.303. The molecule has 6 nitrogen and oxygen atoms in total. The predicted molar refractivity (Wildman–Crippen MR) is 112 cm³/mol. The van der Waals surface area contributed by atoms with Crippen LogP contribution in [0.25, 0.3) is 16.6 Å². The summed E-state index contributed by atoms with van der Waals surface area (Å²) in [5.74, 6) is -2.52. The van der Waals surface area contributed by atoms with E-state index in [4.69, 9.17) is 4.74 Å². The minimum Gasteiger partial charge on any atom is -0.444 e. The summed E-state index contributed by atoms with van der Waals surface area (Å²) in [5.41, 5.74) is -1.61. The molecule has 0 N–H and O–H groups in total. The first-order valence-corrected chi connectivity index (χ1v) is 10.2. The van der Waals surface area contributed by atoms with Gasteiger partial charge in [-0.2, -0.15) is 0 Å². The van der Waals surface area contributed by atoms with Crippen LogP contribution >= 0.6 is 0 Å². The summed E-state index contributed by atoms with van der Waals surface area (Å²) in [6, 6.07) is 5.92. The lowest BCUT2D eigenvalue weighted by atomic mass is 10.1. The molecule has 2 aromatic carbocycles. The van der Waals surface area contributed by atoms with E-state index in [0.717, 1.165) is 22.8 Å². The number of amides is 1. The largest absolute Gasteiger partial charge is 0.444 e. The van der Waals surface area contributed by atoms with Crippen molar-refractivity contribution in [2.24, 2.45) is 0 Å². The first-order valence-electron chi connectivity index (χ1n) is 10.2. The van der Waals surface area contributed by atoms with E-state index in [-0.39, 0.29) is 22.4 Å². The lowest BCUT2D eigenvalue weighted by molar-refractivity contribution is 0.0216. The maximum atomic E-state index is 14.5. The standard InChI is InChI=1S/C23H22F3N3O3/c1-23(2,3)32-22(31)28-9-5-8-18(28)20-27-17-7-4-6-16(26)19(17)21(30)29(20)15-11-13(24)10-14(25)12-15/h4,6-7,10-12,18H,5,8-9H2,1-3H3. The van der Waals surface area contributed by atoms with E-state index in [1.54, 1.807) is 20.8 Å². The first-order chi connectivity index (χ1) is 15.0. The minimum absolute atomic E-state index is 0.0847. The van der Waals surface area contributed by atoms with Crippen molar-refractivity contribution in [2.45, 2.75) is 45.3 Å². The lowest BCUT2D eigenvalue weighted by Gasteiger charge is -2.29. The molecule has 1 aromatic heterocycles. The van der Waals surface area contributed by atoms with Crippen molar-refractivity contribution in [3.8, 4) is 5.69 Å². The molecular formula is C23H22F3N3O3. The second-order valence-corrected chi connectivity index (χ2v) is 8.70. The Bertz CT molecular complexity index is 1250. The molecular weight excluding hydrogens is 423 g/mol. The molecule has 32 heavy (non-hydrogen) atoms. The van der Waals surface area contributed by atoms with E-state index in [9.17, 15) is 22.8 Å². The van der Waals surface area contributed by atoms with Crippen LogP contribution in [0, 0.1) is 17.5 Å². The van der Waals surface area contributed by atoms with Crippen molar-refractivity contribution in [3.63, 3.8) is 0 Å². The van der Waals surface area contributed by atoms with Gasteiger partial charge in [-0.1, -0.05) is 6.07 Å². The van der Waals surface area contributed by atoms with Gasteiger partial charge in [-0.25, -0.2) is 22.9 Å². The van der Waals surface area contributed by atoms with Gasteiger partial charge in [-0.05, 0) is 57.9 Å². The average molecular weight is 445 g/mol. The Kier molecular flexibility index (Phi) is 5.44. The normalized spacial score (nSPS) is 16.6. The zero-order valence-corrected chi connectivity index (χ0v) is 17.9. The number of likely N-dealkylation sites (tertiary alicyclic amines) is 1. The molecule has 168 valence electrons. The predicted octanol–water partition coefficient (Wildman–Crippen LogP) is 4.88. The lowest BCUT2D eigenvalue weighted by Crippen LogP contribution is -2.38. The molecule has 0 spiro atoms. The van der Waals surface area contributed by atoms with Gasteiger partial charge in [0.15, 0.2) is 0 Å². The molecule has 1 amide bonds. The van der Waals surface area contributed by atoms with Gasteiger partial charge in [-0.3, -0.25) is 14.3 Å². The highest BCUT2D eigenvalue weighted by molar-refractivity contribution is 5.79. The molecule has 1 unspecified atom stereocenters. The second-order valence-electron chi connectivity index (χ2n) is 8.70. The van der Waals surface area contributed by atoms with Gasteiger partial charge in [0.25, 0.3) is 5.56 Å². The summed E-state index contributed by atoms with van der Waals surface area (Å²) in [6.45, 7) is 5.56. The van der Waals surface area contributed by atoms with E-state index >= 15 is 0 Å². The first kappa shape index (κ1) is 21.9. The van der Waals surface area contributed by atoms with E-state index in [1.807, 2.05) is 0 Å². The summed E-state index contributed by atoms with van der Waals surface area (Å²) >= 11 is 0. The van der Waals surface area contributed by atoms with Crippen LogP contribution in [0.2, 0.25) is 0 Å². The fourth-order valence-electron chi connectivity index (χ4n) is 3.92. The monoisotopic (exact) mass is 445 g/mol. The van der Waals surface area contributed by atoms with Gasteiger partial charge in [0.2, 0.25) is 0 Å². The number of nitrogens with zero attached hydrogens (tertiary/aromatic N) is 3. The smallest absolute Gasteiger partial charge is 0.410 e. The van der Waals surface area contributed by atoms with Crippen LogP contribution in [-0.2, 0) is 4.74 Å². The van der Waals surface area contributed by atoms with Crippen LogP contribution in [0.5, 0.6) is 0 Å². The van der Waals surface area contributed by atoms with Crippen molar-refractivity contribution in [2.75, 3.05) is 6.54 Å². The number of benzene rings is 2. The number of hydrogen-bond acceptors (Lipinski definition) is 4. The molecule has 0 saturated carbocycles.